The topological polar surface area (TPSA) is 93.7 Å². The Morgan fingerprint density at radius 3 is 2.20 bits per heavy atom. The zero-order valence-electron chi connectivity index (χ0n) is 16.8. The molecule has 0 spiro atoms. The summed E-state index contributed by atoms with van der Waals surface area (Å²) in [6, 6.07) is 18.2. The standard InChI is InChI=1S/C22H22N2O5S/c1-15-12-13-16(23-22(25)17-8-4-6-10-19(17)28-2)14-21(15)30(26,27)24-18-9-5-7-11-20(18)29-3/h4-14,24H,1-3H3,(H,23,25). The molecule has 0 atom stereocenters. The van der Waals surface area contributed by atoms with Crippen LogP contribution in [0.25, 0.3) is 0 Å². The second kappa shape index (κ2) is 8.87. The first-order chi connectivity index (χ1) is 14.4. The molecule has 30 heavy (non-hydrogen) atoms. The first-order valence-corrected chi connectivity index (χ1v) is 10.5. The van der Waals surface area contributed by atoms with Crippen molar-refractivity contribution in [1.29, 1.82) is 0 Å². The van der Waals surface area contributed by atoms with Crippen molar-refractivity contribution in [1.82, 2.24) is 0 Å². The van der Waals surface area contributed by atoms with Crippen LogP contribution in [0.2, 0.25) is 0 Å². The van der Waals surface area contributed by atoms with E-state index in [-0.39, 0.29) is 4.90 Å². The Balaban J connectivity index is 1.90. The molecule has 0 saturated carbocycles. The third-order valence-corrected chi connectivity index (χ3v) is 5.95. The van der Waals surface area contributed by atoms with E-state index in [9.17, 15) is 13.2 Å². The summed E-state index contributed by atoms with van der Waals surface area (Å²) < 4.78 is 39.0. The highest BCUT2D eigenvalue weighted by atomic mass is 32.2. The molecule has 0 aliphatic rings. The lowest BCUT2D eigenvalue weighted by Gasteiger charge is -2.15. The van der Waals surface area contributed by atoms with E-state index >= 15 is 0 Å². The fraction of sp³-hybridized carbons (Fsp3) is 0.136. The van der Waals surface area contributed by atoms with Crippen LogP contribution in [-0.4, -0.2) is 28.5 Å². The number of benzene rings is 3. The largest absolute Gasteiger partial charge is 0.496 e. The molecule has 7 nitrogen and oxygen atoms in total. The molecule has 0 aromatic heterocycles. The van der Waals surface area contributed by atoms with Crippen LogP contribution in [0.15, 0.2) is 71.6 Å². The summed E-state index contributed by atoms with van der Waals surface area (Å²) in [5.74, 6) is 0.421. The molecule has 0 unspecified atom stereocenters. The maximum atomic E-state index is 13.0. The number of sulfonamides is 1. The number of amides is 1. The van der Waals surface area contributed by atoms with Gasteiger partial charge in [0.05, 0.1) is 30.4 Å². The van der Waals surface area contributed by atoms with Gasteiger partial charge in [-0.25, -0.2) is 8.42 Å². The van der Waals surface area contributed by atoms with Gasteiger partial charge in [-0.2, -0.15) is 0 Å². The second-order valence-corrected chi connectivity index (χ2v) is 8.09. The predicted molar refractivity (Wildman–Crippen MR) is 116 cm³/mol. The SMILES string of the molecule is COc1ccccc1NS(=O)(=O)c1cc(NC(=O)c2ccccc2OC)ccc1C. The molecule has 0 radical (unpaired) electrons. The van der Waals surface area contributed by atoms with Crippen LogP contribution < -0.4 is 19.5 Å². The summed E-state index contributed by atoms with van der Waals surface area (Å²) >= 11 is 0. The van der Waals surface area contributed by atoms with Crippen LogP contribution in [0.3, 0.4) is 0 Å². The van der Waals surface area contributed by atoms with E-state index in [1.165, 1.54) is 20.3 Å². The van der Waals surface area contributed by atoms with Gasteiger partial charge in [0, 0.05) is 5.69 Å². The number of aryl methyl sites for hydroxylation is 1. The Hall–Kier alpha value is -3.52. The van der Waals surface area contributed by atoms with Gasteiger partial charge in [0.25, 0.3) is 15.9 Å². The quantitative estimate of drug-likeness (QED) is 0.594. The first kappa shape index (κ1) is 21.2. The molecule has 3 aromatic rings. The van der Waals surface area contributed by atoms with Crippen LogP contribution in [0, 0.1) is 6.92 Å². The van der Waals surface area contributed by atoms with Crippen LogP contribution in [0.5, 0.6) is 11.5 Å². The van der Waals surface area contributed by atoms with Crippen LogP contribution >= 0.6 is 0 Å². The molecule has 156 valence electrons. The fourth-order valence-electron chi connectivity index (χ4n) is 2.93. The van der Waals surface area contributed by atoms with E-state index < -0.39 is 15.9 Å². The summed E-state index contributed by atoms with van der Waals surface area (Å²) in [6.07, 6.45) is 0. The zero-order valence-corrected chi connectivity index (χ0v) is 17.6. The van der Waals surface area contributed by atoms with E-state index in [0.717, 1.165) is 0 Å². The molecular weight excluding hydrogens is 404 g/mol. The van der Waals surface area contributed by atoms with Gasteiger partial charge in [-0.3, -0.25) is 9.52 Å². The fourth-order valence-corrected chi connectivity index (χ4v) is 4.27. The molecule has 3 rings (SSSR count). The number of hydrogen-bond acceptors (Lipinski definition) is 5. The lowest BCUT2D eigenvalue weighted by Crippen LogP contribution is -2.17. The summed E-state index contributed by atoms with van der Waals surface area (Å²) in [4.78, 5) is 12.7. The van der Waals surface area contributed by atoms with Gasteiger partial charge in [0.2, 0.25) is 0 Å². The zero-order chi connectivity index (χ0) is 21.7. The first-order valence-electron chi connectivity index (χ1n) is 9.06. The van der Waals surface area contributed by atoms with E-state index in [1.54, 1.807) is 67.6 Å². The molecule has 0 fully saturated rings. The Bertz CT molecular complexity index is 1180. The minimum Gasteiger partial charge on any atom is -0.496 e. The van der Waals surface area contributed by atoms with Crippen molar-refractivity contribution in [2.24, 2.45) is 0 Å². The Labute approximate surface area is 175 Å². The summed E-state index contributed by atoms with van der Waals surface area (Å²) in [6.45, 7) is 1.68. The Kier molecular flexibility index (Phi) is 6.27. The van der Waals surface area contributed by atoms with Crippen molar-refractivity contribution in [3.63, 3.8) is 0 Å². The number of carbonyl (C=O) groups excluding carboxylic acids is 1. The van der Waals surface area contributed by atoms with Crippen molar-refractivity contribution < 1.29 is 22.7 Å². The Morgan fingerprint density at radius 1 is 0.867 bits per heavy atom. The second-order valence-electron chi connectivity index (χ2n) is 6.44. The van der Waals surface area contributed by atoms with E-state index in [1.807, 2.05) is 0 Å². The third kappa shape index (κ3) is 4.55. The van der Waals surface area contributed by atoms with Gasteiger partial charge < -0.3 is 14.8 Å². The summed E-state index contributed by atoms with van der Waals surface area (Å²) in [7, 11) is -0.975. The predicted octanol–water partition coefficient (Wildman–Crippen LogP) is 4.07. The molecule has 0 heterocycles. The van der Waals surface area contributed by atoms with Crippen molar-refractivity contribution in [3.05, 3.63) is 77.9 Å². The molecular formula is C22H22N2O5S. The minimum absolute atomic E-state index is 0.0474. The van der Waals surface area contributed by atoms with Gasteiger partial charge >= 0.3 is 0 Å². The molecule has 0 saturated heterocycles. The Morgan fingerprint density at radius 2 is 1.50 bits per heavy atom. The van der Waals surface area contributed by atoms with Crippen LogP contribution in [-0.2, 0) is 10.0 Å². The average Bonchev–Trinajstić information content (AvgIpc) is 2.75. The van der Waals surface area contributed by atoms with E-state index in [2.05, 4.69) is 10.0 Å². The van der Waals surface area contributed by atoms with E-state index in [0.29, 0.717) is 34.0 Å². The van der Waals surface area contributed by atoms with Gasteiger partial charge in [0.15, 0.2) is 0 Å². The number of hydrogen-bond donors (Lipinski definition) is 2. The van der Waals surface area contributed by atoms with Gasteiger partial charge in [0.1, 0.15) is 11.5 Å². The molecule has 2 N–H and O–H groups in total. The van der Waals surface area contributed by atoms with Gasteiger partial charge in [-0.15, -0.1) is 0 Å². The number of methoxy groups -OCH3 is 2. The number of para-hydroxylation sites is 3. The highest BCUT2D eigenvalue weighted by Gasteiger charge is 2.20. The molecule has 0 aliphatic heterocycles. The van der Waals surface area contributed by atoms with Gasteiger partial charge in [-0.05, 0) is 48.9 Å². The number of anilines is 2. The summed E-state index contributed by atoms with van der Waals surface area (Å²) in [5.41, 5.74) is 1.55. The molecule has 3 aromatic carbocycles. The number of rotatable bonds is 7. The van der Waals surface area contributed by atoms with Crippen LogP contribution in [0.1, 0.15) is 15.9 Å². The highest BCUT2D eigenvalue weighted by molar-refractivity contribution is 7.92. The molecule has 0 bridgehead atoms. The molecule has 0 aliphatic carbocycles. The maximum absolute atomic E-state index is 13.0. The summed E-state index contributed by atoms with van der Waals surface area (Å²) in [5, 5.41) is 2.72. The van der Waals surface area contributed by atoms with Crippen molar-refractivity contribution in [2.45, 2.75) is 11.8 Å². The third-order valence-electron chi connectivity index (χ3n) is 4.44. The number of nitrogens with one attached hydrogen (secondary N) is 2. The normalized spacial score (nSPS) is 10.9. The van der Waals surface area contributed by atoms with Crippen molar-refractivity contribution in [3.8, 4) is 11.5 Å². The monoisotopic (exact) mass is 426 g/mol. The number of carbonyl (C=O) groups is 1. The lowest BCUT2D eigenvalue weighted by atomic mass is 10.1. The van der Waals surface area contributed by atoms with Crippen LogP contribution in [0.4, 0.5) is 11.4 Å². The minimum atomic E-state index is -3.92. The molecule has 8 heteroatoms. The maximum Gasteiger partial charge on any atom is 0.262 e. The van der Waals surface area contributed by atoms with Crippen molar-refractivity contribution >= 4 is 27.3 Å². The van der Waals surface area contributed by atoms with E-state index in [4.69, 9.17) is 9.47 Å². The number of ether oxygens (including phenoxy) is 2. The van der Waals surface area contributed by atoms with Gasteiger partial charge in [-0.1, -0.05) is 30.3 Å². The highest BCUT2D eigenvalue weighted by Crippen LogP contribution is 2.28. The lowest BCUT2D eigenvalue weighted by molar-refractivity contribution is 0.102. The smallest absolute Gasteiger partial charge is 0.262 e. The molecule has 1 amide bonds. The average molecular weight is 426 g/mol. The van der Waals surface area contributed by atoms with Crippen molar-refractivity contribution in [2.75, 3.05) is 24.3 Å².